The molecule has 0 aromatic carbocycles. The molecule has 0 saturated carbocycles. The Morgan fingerprint density at radius 1 is 1.33 bits per heavy atom. The number of hydrogen-bond acceptors (Lipinski definition) is 5. The first-order valence-corrected chi connectivity index (χ1v) is 11.4. The van der Waals surface area contributed by atoms with Crippen molar-refractivity contribution in [2.75, 3.05) is 13.2 Å². The number of allylic oxidation sites excluding steroid dienone is 1. The zero-order chi connectivity index (χ0) is 23.7. The minimum absolute atomic E-state index is 0.114. The number of aliphatic hydroxyl groups excluding tert-OH is 1. The molecule has 2 aliphatic heterocycles. The fourth-order valence-electron chi connectivity index (χ4n) is 5.29. The van der Waals surface area contributed by atoms with Crippen LogP contribution in [0, 0.1) is 11.8 Å². The second-order valence-corrected chi connectivity index (χ2v) is 8.76. The van der Waals surface area contributed by atoms with Gasteiger partial charge in [-0.25, -0.2) is 4.98 Å². The molecule has 2 aromatic rings. The van der Waals surface area contributed by atoms with E-state index in [0.717, 1.165) is 11.4 Å². The second kappa shape index (κ2) is 9.35. The first-order chi connectivity index (χ1) is 15.9. The van der Waals surface area contributed by atoms with Gasteiger partial charge in [-0.15, -0.1) is 0 Å². The molecule has 1 fully saturated rings. The third-order valence-corrected chi connectivity index (χ3v) is 6.75. The minimum Gasteiger partial charge on any atom is -0.396 e. The molecule has 0 unspecified atom stereocenters. The van der Waals surface area contributed by atoms with Crippen LogP contribution in [0.3, 0.4) is 0 Å². The Morgan fingerprint density at radius 2 is 2.12 bits per heavy atom. The third-order valence-electron chi connectivity index (χ3n) is 6.75. The smallest absolute Gasteiger partial charge is 0.258 e. The van der Waals surface area contributed by atoms with Crippen LogP contribution in [-0.2, 0) is 29.6 Å². The van der Waals surface area contributed by atoms with E-state index in [1.165, 1.54) is 0 Å². The van der Waals surface area contributed by atoms with Crippen molar-refractivity contribution in [3.8, 4) is 0 Å². The molecular weight excluding hydrogens is 422 g/mol. The highest BCUT2D eigenvalue weighted by atomic mass is 16.3. The summed E-state index contributed by atoms with van der Waals surface area (Å²) in [6, 6.07) is 2.45. The molecule has 4 heterocycles. The SMILES string of the molecule is C/C=C/c1ccc2n(c1=O)C[C@H]1[C@H](CO)[C@@H](C(=O)NCCc3cn(C)cn3)N(C(=O)CC)[C@@H]21. The highest BCUT2D eigenvalue weighted by molar-refractivity contribution is 5.89. The molecule has 2 aliphatic rings. The normalized spacial score (nSPS) is 23.7. The quantitative estimate of drug-likeness (QED) is 0.647. The first-order valence-electron chi connectivity index (χ1n) is 11.4. The van der Waals surface area contributed by atoms with E-state index in [1.54, 1.807) is 34.9 Å². The number of nitrogens with one attached hydrogen (secondary N) is 1. The summed E-state index contributed by atoms with van der Waals surface area (Å²) >= 11 is 0. The minimum atomic E-state index is -0.778. The topological polar surface area (TPSA) is 109 Å². The van der Waals surface area contributed by atoms with Crippen molar-refractivity contribution < 1.29 is 14.7 Å². The molecule has 9 heteroatoms. The Hall–Kier alpha value is -3.20. The van der Waals surface area contributed by atoms with E-state index in [2.05, 4.69) is 10.3 Å². The van der Waals surface area contributed by atoms with Crippen LogP contribution in [0.4, 0.5) is 0 Å². The number of aromatic nitrogens is 3. The molecule has 176 valence electrons. The van der Waals surface area contributed by atoms with Gasteiger partial charge < -0.3 is 24.5 Å². The third kappa shape index (κ3) is 4.01. The van der Waals surface area contributed by atoms with Crippen molar-refractivity contribution in [3.63, 3.8) is 0 Å². The summed E-state index contributed by atoms with van der Waals surface area (Å²) in [4.78, 5) is 45.2. The lowest BCUT2D eigenvalue weighted by Gasteiger charge is -2.30. The number of carbonyl (C=O) groups excluding carboxylic acids is 2. The fourth-order valence-corrected chi connectivity index (χ4v) is 5.29. The van der Waals surface area contributed by atoms with Gasteiger partial charge in [0.2, 0.25) is 11.8 Å². The standard InChI is InChI=1S/C24H31N5O4/c1-4-6-15-7-8-19-21-17(12-28(19)24(15)33)18(13-30)22(29(21)20(31)5-2)23(32)25-10-9-16-11-27(3)14-26-16/h4,6-8,11,14,17-18,21-22,30H,5,9-10,12-13H2,1-3H3,(H,25,32)/b6-4+/t17-,18-,21+,22-/m0/s1. The first kappa shape index (κ1) is 23.0. The number of aryl methyl sites for hydroxylation is 1. The van der Waals surface area contributed by atoms with Gasteiger partial charge in [-0.2, -0.15) is 0 Å². The van der Waals surface area contributed by atoms with Crippen LogP contribution in [0.1, 0.15) is 43.3 Å². The van der Waals surface area contributed by atoms with Gasteiger partial charge in [-0.1, -0.05) is 19.1 Å². The maximum atomic E-state index is 13.3. The molecule has 2 N–H and O–H groups in total. The van der Waals surface area contributed by atoms with Crippen LogP contribution in [-0.4, -0.2) is 55.1 Å². The number of imidazole rings is 1. The molecule has 4 rings (SSSR count). The van der Waals surface area contributed by atoms with Crippen LogP contribution in [0.25, 0.3) is 6.08 Å². The lowest BCUT2D eigenvalue weighted by Crippen LogP contribution is -2.50. The number of rotatable bonds is 7. The number of hydrogen-bond donors (Lipinski definition) is 2. The summed E-state index contributed by atoms with van der Waals surface area (Å²) in [6.45, 7) is 4.14. The summed E-state index contributed by atoms with van der Waals surface area (Å²) < 4.78 is 3.54. The van der Waals surface area contributed by atoms with Gasteiger partial charge in [-0.3, -0.25) is 14.4 Å². The Balaban J connectivity index is 1.62. The Bertz CT molecular complexity index is 1130. The number of likely N-dealkylation sites (tertiary alicyclic amines) is 1. The van der Waals surface area contributed by atoms with E-state index in [9.17, 15) is 19.5 Å². The van der Waals surface area contributed by atoms with Crippen molar-refractivity contribution in [1.82, 2.24) is 24.3 Å². The number of fused-ring (bicyclic) bond motifs is 3. The molecule has 9 nitrogen and oxygen atoms in total. The molecule has 1 saturated heterocycles. The molecule has 2 amide bonds. The van der Waals surface area contributed by atoms with Crippen molar-refractivity contribution in [2.45, 2.75) is 45.3 Å². The Labute approximate surface area is 192 Å². The molecule has 4 atom stereocenters. The fraction of sp³-hybridized carbons (Fsp3) is 0.500. The van der Waals surface area contributed by atoms with Crippen LogP contribution < -0.4 is 10.9 Å². The van der Waals surface area contributed by atoms with E-state index < -0.39 is 18.0 Å². The molecule has 2 aromatic heterocycles. The summed E-state index contributed by atoms with van der Waals surface area (Å²) in [6.07, 6.45) is 7.99. The van der Waals surface area contributed by atoms with Crippen LogP contribution in [0.15, 0.2) is 35.5 Å². The number of aliphatic hydroxyl groups is 1. The molecule has 0 aliphatic carbocycles. The van der Waals surface area contributed by atoms with E-state index in [1.807, 2.05) is 36.9 Å². The van der Waals surface area contributed by atoms with Gasteiger partial charge >= 0.3 is 0 Å². The largest absolute Gasteiger partial charge is 0.396 e. The zero-order valence-electron chi connectivity index (χ0n) is 19.3. The van der Waals surface area contributed by atoms with E-state index >= 15 is 0 Å². The Kier molecular flexibility index (Phi) is 6.51. The predicted octanol–water partition coefficient (Wildman–Crippen LogP) is 0.874. The maximum Gasteiger partial charge on any atom is 0.258 e. The van der Waals surface area contributed by atoms with Gasteiger partial charge in [0.25, 0.3) is 5.56 Å². The van der Waals surface area contributed by atoms with Crippen molar-refractivity contribution in [2.24, 2.45) is 18.9 Å². The highest BCUT2D eigenvalue weighted by Crippen LogP contribution is 2.49. The molecule has 33 heavy (non-hydrogen) atoms. The van der Waals surface area contributed by atoms with Gasteiger partial charge in [0.1, 0.15) is 6.04 Å². The highest BCUT2D eigenvalue weighted by Gasteiger charge is 2.56. The van der Waals surface area contributed by atoms with Crippen molar-refractivity contribution in [3.05, 3.63) is 58.0 Å². The maximum absolute atomic E-state index is 13.3. The van der Waals surface area contributed by atoms with Crippen LogP contribution >= 0.6 is 0 Å². The average Bonchev–Trinajstić information content (AvgIpc) is 3.47. The summed E-state index contributed by atoms with van der Waals surface area (Å²) in [5, 5.41) is 13.2. The lowest BCUT2D eigenvalue weighted by atomic mass is 9.88. The number of nitrogens with zero attached hydrogens (tertiary/aromatic N) is 4. The average molecular weight is 454 g/mol. The van der Waals surface area contributed by atoms with E-state index in [4.69, 9.17) is 0 Å². The summed E-state index contributed by atoms with van der Waals surface area (Å²) in [7, 11) is 1.89. The van der Waals surface area contributed by atoms with Crippen LogP contribution in [0.2, 0.25) is 0 Å². The van der Waals surface area contributed by atoms with Gasteiger partial charge in [-0.05, 0) is 19.1 Å². The number of amides is 2. The van der Waals surface area contributed by atoms with Gasteiger partial charge in [0.05, 0.1) is 18.1 Å². The number of carbonyl (C=O) groups is 2. The summed E-state index contributed by atoms with van der Waals surface area (Å²) in [5.41, 5.74) is 2.06. The van der Waals surface area contributed by atoms with Crippen LogP contribution in [0.5, 0.6) is 0 Å². The zero-order valence-corrected chi connectivity index (χ0v) is 19.3. The monoisotopic (exact) mass is 453 g/mol. The van der Waals surface area contributed by atoms with Gasteiger partial charge in [0.15, 0.2) is 0 Å². The van der Waals surface area contributed by atoms with Crippen molar-refractivity contribution in [1.29, 1.82) is 0 Å². The van der Waals surface area contributed by atoms with Gasteiger partial charge in [0, 0.05) is 68.9 Å². The van der Waals surface area contributed by atoms with E-state index in [0.29, 0.717) is 25.1 Å². The molecular formula is C24H31N5O4. The predicted molar refractivity (Wildman–Crippen MR) is 123 cm³/mol. The Morgan fingerprint density at radius 3 is 2.76 bits per heavy atom. The molecule has 0 bridgehead atoms. The van der Waals surface area contributed by atoms with Crippen molar-refractivity contribution >= 4 is 17.9 Å². The molecule has 0 spiro atoms. The summed E-state index contributed by atoms with van der Waals surface area (Å²) in [5.74, 6) is -1.10. The molecule has 0 radical (unpaired) electrons. The van der Waals surface area contributed by atoms with E-state index in [-0.39, 0.29) is 36.3 Å². The lowest BCUT2D eigenvalue weighted by molar-refractivity contribution is -0.141. The number of pyridine rings is 1. The second-order valence-electron chi connectivity index (χ2n) is 8.76.